The van der Waals surface area contributed by atoms with Gasteiger partial charge in [0.1, 0.15) is 0 Å². The Labute approximate surface area is 150 Å². The van der Waals surface area contributed by atoms with E-state index in [0.717, 1.165) is 49.6 Å². The first kappa shape index (κ1) is 22.0. The van der Waals surface area contributed by atoms with Gasteiger partial charge in [0.25, 0.3) is 21.5 Å². The third-order valence-electron chi connectivity index (χ3n) is 2.94. The molecular formula is C14H11F3N2O7S. The van der Waals surface area contributed by atoms with E-state index >= 15 is 0 Å². The summed E-state index contributed by atoms with van der Waals surface area (Å²) in [6.45, 7) is 0. The Morgan fingerprint density at radius 3 is 1.85 bits per heavy atom. The van der Waals surface area contributed by atoms with Crippen LogP contribution in [0.4, 0.5) is 24.5 Å². The number of nitro groups is 2. The average molecular weight is 408 g/mol. The van der Waals surface area contributed by atoms with E-state index < -0.39 is 37.4 Å². The molecule has 0 spiro atoms. The molecular weight excluding hydrogens is 397 g/mol. The van der Waals surface area contributed by atoms with Gasteiger partial charge in [-0.25, -0.2) is 0 Å². The number of benzene rings is 2. The van der Waals surface area contributed by atoms with Gasteiger partial charge in [-0.2, -0.15) is 21.6 Å². The summed E-state index contributed by atoms with van der Waals surface area (Å²) in [6, 6.07) is 7.74. The van der Waals surface area contributed by atoms with E-state index in [-0.39, 0.29) is 10.6 Å². The Morgan fingerprint density at radius 2 is 1.44 bits per heavy atom. The minimum Gasteiger partial charge on any atom is -0.270 e. The summed E-state index contributed by atoms with van der Waals surface area (Å²) in [4.78, 5) is 18.8. The second kappa shape index (κ2) is 8.55. The van der Waals surface area contributed by atoms with Gasteiger partial charge >= 0.3 is 6.18 Å². The van der Waals surface area contributed by atoms with Crippen molar-refractivity contribution in [1.82, 2.24) is 0 Å². The van der Waals surface area contributed by atoms with Crippen LogP contribution in [0.25, 0.3) is 0 Å². The van der Waals surface area contributed by atoms with Crippen LogP contribution in [-0.2, 0) is 20.5 Å². The summed E-state index contributed by atoms with van der Waals surface area (Å²) in [5, 5.41) is 20.4. The number of non-ortho nitro benzene ring substituents is 2. The molecule has 2 aromatic carbocycles. The molecule has 0 amide bonds. The number of nitro benzene ring substituents is 2. The summed E-state index contributed by atoms with van der Waals surface area (Å²) in [5.41, 5.74) is -1.74. The zero-order chi connectivity index (χ0) is 20.8. The molecule has 0 radical (unpaired) electrons. The van der Waals surface area contributed by atoms with Gasteiger partial charge in [-0.15, -0.1) is 0 Å². The van der Waals surface area contributed by atoms with E-state index in [9.17, 15) is 41.8 Å². The van der Waals surface area contributed by atoms with Crippen LogP contribution < -0.4 is 0 Å². The number of hydrogen-bond acceptors (Lipinski definition) is 7. The molecule has 0 bridgehead atoms. The van der Waals surface area contributed by atoms with E-state index in [1.807, 2.05) is 0 Å². The van der Waals surface area contributed by atoms with Crippen LogP contribution in [0.3, 0.4) is 0 Å². The minimum atomic E-state index is -4.54. The number of nitrogens with zero attached hydrogens (tertiary/aromatic N) is 2. The highest BCUT2D eigenvalue weighted by atomic mass is 32.2. The van der Waals surface area contributed by atoms with Gasteiger partial charge in [-0.3, -0.25) is 24.4 Å². The second-order valence-electron chi connectivity index (χ2n) is 4.68. The molecule has 0 saturated heterocycles. The van der Waals surface area contributed by atoms with Crippen molar-refractivity contribution in [2.75, 3.05) is 7.11 Å². The molecule has 13 heteroatoms. The van der Waals surface area contributed by atoms with Crippen molar-refractivity contribution in [2.24, 2.45) is 0 Å². The molecule has 2 rings (SSSR count). The number of hydrogen-bond donors (Lipinski definition) is 0. The molecule has 0 aliphatic rings. The maximum absolute atomic E-state index is 12.0. The lowest BCUT2D eigenvalue weighted by molar-refractivity contribution is -0.385. The Kier molecular flexibility index (Phi) is 6.96. The van der Waals surface area contributed by atoms with Crippen LogP contribution in [0, 0.1) is 20.2 Å². The molecule has 2 aromatic rings. The molecule has 0 saturated carbocycles. The van der Waals surface area contributed by atoms with Gasteiger partial charge < -0.3 is 0 Å². The summed E-state index contributed by atoms with van der Waals surface area (Å²) >= 11 is 0. The monoisotopic (exact) mass is 408 g/mol. The van der Waals surface area contributed by atoms with E-state index in [0.29, 0.717) is 6.07 Å². The van der Waals surface area contributed by atoms with Crippen molar-refractivity contribution in [2.45, 2.75) is 11.1 Å². The third kappa shape index (κ3) is 6.31. The smallest absolute Gasteiger partial charge is 0.270 e. The number of halogens is 3. The van der Waals surface area contributed by atoms with Crippen molar-refractivity contribution in [3.63, 3.8) is 0 Å². The molecule has 0 fully saturated rings. The first-order valence-corrected chi connectivity index (χ1v) is 8.16. The van der Waals surface area contributed by atoms with Crippen LogP contribution in [0.2, 0.25) is 0 Å². The summed E-state index contributed by atoms with van der Waals surface area (Å²) in [6.07, 6.45) is -4.54. The maximum atomic E-state index is 12.0. The standard InChI is InChI=1S/C7H4F3NO2.C7H7NO5S/c8-7(9,10)5-2-1-3-6(4-5)11(12)13;1-13-14(11,12)7-4-2-6(3-5-7)8(9)10/h1-4H;2-5H,1H3. The van der Waals surface area contributed by atoms with Gasteiger partial charge in [0, 0.05) is 24.3 Å². The Balaban J connectivity index is 0.000000271. The molecule has 0 atom stereocenters. The summed E-state index contributed by atoms with van der Waals surface area (Å²) in [7, 11) is -2.74. The SMILES string of the molecule is COS(=O)(=O)c1ccc([N+](=O)[O-])cc1.O=[N+]([O-])c1cccc(C(F)(F)F)c1. The zero-order valence-corrected chi connectivity index (χ0v) is 14.2. The van der Waals surface area contributed by atoms with Crippen LogP contribution in [0.1, 0.15) is 5.56 Å². The Hall–Kier alpha value is -3.06. The highest BCUT2D eigenvalue weighted by Gasteiger charge is 2.31. The van der Waals surface area contributed by atoms with Crippen molar-refractivity contribution in [1.29, 1.82) is 0 Å². The first-order chi connectivity index (χ1) is 12.4. The van der Waals surface area contributed by atoms with Crippen LogP contribution in [-0.4, -0.2) is 25.4 Å². The van der Waals surface area contributed by atoms with E-state index in [1.165, 1.54) is 0 Å². The zero-order valence-electron chi connectivity index (χ0n) is 13.4. The average Bonchev–Trinajstić information content (AvgIpc) is 2.61. The predicted molar refractivity (Wildman–Crippen MR) is 85.4 cm³/mol. The Morgan fingerprint density at radius 1 is 0.926 bits per heavy atom. The van der Waals surface area contributed by atoms with Gasteiger partial charge in [-0.1, -0.05) is 6.07 Å². The van der Waals surface area contributed by atoms with Gasteiger partial charge in [-0.05, 0) is 18.2 Å². The van der Waals surface area contributed by atoms with Crippen LogP contribution in [0.5, 0.6) is 0 Å². The summed E-state index contributed by atoms with van der Waals surface area (Å²) in [5.74, 6) is 0. The molecule has 0 aliphatic carbocycles. The largest absolute Gasteiger partial charge is 0.416 e. The lowest BCUT2D eigenvalue weighted by Gasteiger charge is -2.04. The van der Waals surface area contributed by atoms with Crippen molar-refractivity contribution < 1.29 is 35.6 Å². The van der Waals surface area contributed by atoms with Crippen molar-refractivity contribution >= 4 is 21.5 Å². The first-order valence-electron chi connectivity index (χ1n) is 6.75. The third-order valence-corrected chi connectivity index (χ3v) is 4.23. The van der Waals surface area contributed by atoms with E-state index in [2.05, 4.69) is 4.18 Å². The molecule has 0 aromatic heterocycles. The maximum Gasteiger partial charge on any atom is 0.416 e. The molecule has 0 heterocycles. The summed E-state index contributed by atoms with van der Waals surface area (Å²) < 4.78 is 62.4. The Bertz CT molecular complexity index is 928. The number of rotatable bonds is 4. The molecule has 0 N–H and O–H groups in total. The van der Waals surface area contributed by atoms with Gasteiger partial charge in [0.15, 0.2) is 0 Å². The molecule has 27 heavy (non-hydrogen) atoms. The fraction of sp³-hybridized carbons (Fsp3) is 0.143. The minimum absolute atomic E-state index is 0.106. The van der Waals surface area contributed by atoms with E-state index in [1.54, 1.807) is 0 Å². The van der Waals surface area contributed by atoms with Crippen molar-refractivity contribution in [3.05, 3.63) is 74.3 Å². The van der Waals surface area contributed by atoms with Crippen LogP contribution in [0.15, 0.2) is 53.4 Å². The highest BCUT2D eigenvalue weighted by Crippen LogP contribution is 2.31. The predicted octanol–water partition coefficient (Wildman–Crippen LogP) is 3.54. The van der Waals surface area contributed by atoms with Gasteiger partial charge in [0.2, 0.25) is 0 Å². The molecule has 9 nitrogen and oxygen atoms in total. The topological polar surface area (TPSA) is 130 Å². The quantitative estimate of drug-likeness (QED) is 0.430. The van der Waals surface area contributed by atoms with Crippen molar-refractivity contribution in [3.8, 4) is 0 Å². The van der Waals surface area contributed by atoms with Gasteiger partial charge in [0.05, 0.1) is 27.4 Å². The normalized spacial score (nSPS) is 11.3. The molecule has 146 valence electrons. The lowest BCUT2D eigenvalue weighted by Crippen LogP contribution is -2.04. The van der Waals surface area contributed by atoms with Crippen LogP contribution >= 0.6 is 0 Å². The number of alkyl halides is 3. The highest BCUT2D eigenvalue weighted by molar-refractivity contribution is 7.86. The fourth-order valence-corrected chi connectivity index (χ4v) is 2.29. The lowest BCUT2D eigenvalue weighted by atomic mass is 10.2. The fourth-order valence-electron chi connectivity index (χ4n) is 1.63. The van der Waals surface area contributed by atoms with E-state index in [4.69, 9.17) is 0 Å². The second-order valence-corrected chi connectivity index (χ2v) is 6.39. The molecule has 0 unspecified atom stereocenters. The molecule has 0 aliphatic heterocycles.